The molecule has 1 aliphatic rings. The van der Waals surface area contributed by atoms with Crippen molar-refractivity contribution in [2.45, 2.75) is 18.8 Å². The molecule has 1 aromatic heterocycles. The average molecular weight is 233 g/mol. The Labute approximate surface area is 92.4 Å². The first kappa shape index (κ1) is 10.1. The van der Waals surface area contributed by atoms with Crippen molar-refractivity contribution in [3.63, 3.8) is 0 Å². The largest absolute Gasteiger partial charge is 0.381 e. The molecule has 0 amide bonds. The quantitative estimate of drug-likeness (QED) is 0.747. The third kappa shape index (κ3) is 2.16. The molecule has 0 N–H and O–H groups in total. The van der Waals surface area contributed by atoms with Gasteiger partial charge < -0.3 is 4.74 Å². The van der Waals surface area contributed by atoms with Crippen molar-refractivity contribution < 1.29 is 4.74 Å². The SMILES string of the molecule is Clc1cc(C2CCOCC2)nnc1Cl. The minimum absolute atomic E-state index is 0.266. The van der Waals surface area contributed by atoms with Crippen molar-refractivity contribution in [2.24, 2.45) is 0 Å². The van der Waals surface area contributed by atoms with Crippen LogP contribution in [0.25, 0.3) is 0 Å². The van der Waals surface area contributed by atoms with E-state index >= 15 is 0 Å². The van der Waals surface area contributed by atoms with Crippen LogP contribution in [0.2, 0.25) is 10.2 Å². The number of rotatable bonds is 1. The van der Waals surface area contributed by atoms with E-state index in [0.29, 0.717) is 10.9 Å². The molecule has 3 nitrogen and oxygen atoms in total. The third-order valence-corrected chi connectivity index (χ3v) is 3.03. The second-order valence-corrected chi connectivity index (χ2v) is 4.06. The normalized spacial score (nSPS) is 18.4. The lowest BCUT2D eigenvalue weighted by Crippen LogP contribution is -2.15. The van der Waals surface area contributed by atoms with Gasteiger partial charge in [0.1, 0.15) is 0 Å². The Balaban J connectivity index is 2.18. The van der Waals surface area contributed by atoms with Crippen LogP contribution in [0, 0.1) is 0 Å². The van der Waals surface area contributed by atoms with E-state index in [1.54, 1.807) is 6.07 Å². The summed E-state index contributed by atoms with van der Waals surface area (Å²) in [5, 5.41) is 8.58. The standard InChI is InChI=1S/C9H10Cl2N2O/c10-7-5-8(12-13-9(7)11)6-1-3-14-4-2-6/h5-6H,1-4H2. The van der Waals surface area contributed by atoms with Crippen LogP contribution in [0.15, 0.2) is 6.07 Å². The summed E-state index contributed by atoms with van der Waals surface area (Å²) in [4.78, 5) is 0. The molecule has 0 radical (unpaired) electrons. The van der Waals surface area contributed by atoms with Gasteiger partial charge in [0.2, 0.25) is 0 Å². The molecule has 0 saturated carbocycles. The highest BCUT2D eigenvalue weighted by Crippen LogP contribution is 2.28. The van der Waals surface area contributed by atoms with Crippen LogP contribution >= 0.6 is 23.2 Å². The predicted octanol–water partition coefficient (Wildman–Crippen LogP) is 2.68. The molecule has 0 aromatic carbocycles. The second kappa shape index (κ2) is 4.43. The predicted molar refractivity (Wildman–Crippen MR) is 54.8 cm³/mol. The average Bonchev–Trinajstić information content (AvgIpc) is 2.23. The lowest BCUT2D eigenvalue weighted by Gasteiger charge is -2.20. The third-order valence-electron chi connectivity index (χ3n) is 2.36. The van der Waals surface area contributed by atoms with Crippen molar-refractivity contribution in [3.8, 4) is 0 Å². The topological polar surface area (TPSA) is 35.0 Å². The smallest absolute Gasteiger partial charge is 0.170 e. The fraction of sp³-hybridized carbons (Fsp3) is 0.556. The van der Waals surface area contributed by atoms with Crippen LogP contribution in [-0.4, -0.2) is 23.4 Å². The number of aromatic nitrogens is 2. The van der Waals surface area contributed by atoms with Gasteiger partial charge in [-0.1, -0.05) is 23.2 Å². The summed E-state index contributed by atoms with van der Waals surface area (Å²) in [5.41, 5.74) is 0.919. The maximum atomic E-state index is 5.87. The van der Waals surface area contributed by atoms with Crippen molar-refractivity contribution in [1.29, 1.82) is 0 Å². The van der Waals surface area contributed by atoms with E-state index in [2.05, 4.69) is 10.2 Å². The molecular weight excluding hydrogens is 223 g/mol. The first-order chi connectivity index (χ1) is 6.77. The summed E-state index contributed by atoms with van der Waals surface area (Å²) < 4.78 is 5.27. The number of nitrogens with zero attached hydrogens (tertiary/aromatic N) is 2. The van der Waals surface area contributed by atoms with Crippen LogP contribution in [0.1, 0.15) is 24.5 Å². The van der Waals surface area contributed by atoms with Crippen molar-refractivity contribution >= 4 is 23.2 Å². The second-order valence-electron chi connectivity index (χ2n) is 3.29. The minimum atomic E-state index is 0.266. The van der Waals surface area contributed by atoms with Crippen LogP contribution in [-0.2, 0) is 4.74 Å². The van der Waals surface area contributed by atoms with Gasteiger partial charge in [-0.25, -0.2) is 0 Å². The fourth-order valence-corrected chi connectivity index (χ4v) is 1.80. The lowest BCUT2D eigenvalue weighted by molar-refractivity contribution is 0.0843. The van der Waals surface area contributed by atoms with Gasteiger partial charge in [0, 0.05) is 19.1 Å². The van der Waals surface area contributed by atoms with Crippen LogP contribution in [0.4, 0.5) is 0 Å². The van der Waals surface area contributed by atoms with Gasteiger partial charge in [-0.15, -0.1) is 5.10 Å². The Kier molecular flexibility index (Phi) is 3.21. The summed E-state index contributed by atoms with van der Waals surface area (Å²) >= 11 is 11.6. The van der Waals surface area contributed by atoms with E-state index in [9.17, 15) is 0 Å². The van der Waals surface area contributed by atoms with E-state index in [4.69, 9.17) is 27.9 Å². The van der Waals surface area contributed by atoms with E-state index in [-0.39, 0.29) is 5.15 Å². The maximum Gasteiger partial charge on any atom is 0.170 e. The molecule has 0 atom stereocenters. The van der Waals surface area contributed by atoms with Crippen LogP contribution in [0.3, 0.4) is 0 Å². The highest BCUT2D eigenvalue weighted by atomic mass is 35.5. The molecule has 2 heterocycles. The molecule has 0 bridgehead atoms. The zero-order chi connectivity index (χ0) is 9.97. The summed E-state index contributed by atoms with van der Waals surface area (Å²) in [6.07, 6.45) is 1.96. The Bertz CT molecular complexity index is 327. The molecule has 1 fully saturated rings. The summed E-state index contributed by atoms with van der Waals surface area (Å²) in [7, 11) is 0. The zero-order valence-corrected chi connectivity index (χ0v) is 9.05. The first-order valence-corrected chi connectivity index (χ1v) is 5.29. The van der Waals surface area contributed by atoms with Crippen LogP contribution in [0.5, 0.6) is 0 Å². The molecule has 1 saturated heterocycles. The highest BCUT2D eigenvalue weighted by Gasteiger charge is 2.18. The van der Waals surface area contributed by atoms with Crippen molar-refractivity contribution in [2.75, 3.05) is 13.2 Å². The minimum Gasteiger partial charge on any atom is -0.381 e. The number of hydrogen-bond donors (Lipinski definition) is 0. The van der Waals surface area contributed by atoms with Gasteiger partial charge in [0.25, 0.3) is 0 Å². The highest BCUT2D eigenvalue weighted by molar-refractivity contribution is 6.41. The Morgan fingerprint density at radius 1 is 1.21 bits per heavy atom. The molecule has 1 aromatic rings. The summed E-state index contributed by atoms with van der Waals surface area (Å²) in [5.74, 6) is 0.408. The van der Waals surface area contributed by atoms with E-state index in [1.807, 2.05) is 0 Å². The van der Waals surface area contributed by atoms with Gasteiger partial charge in [0.15, 0.2) is 5.15 Å². The Morgan fingerprint density at radius 3 is 2.57 bits per heavy atom. The van der Waals surface area contributed by atoms with Gasteiger partial charge >= 0.3 is 0 Å². The Hall–Kier alpha value is -0.380. The monoisotopic (exact) mass is 232 g/mol. The first-order valence-electron chi connectivity index (χ1n) is 4.54. The summed E-state index contributed by atoms with van der Waals surface area (Å²) in [6.45, 7) is 1.57. The van der Waals surface area contributed by atoms with E-state index in [1.165, 1.54) is 0 Å². The molecule has 0 spiro atoms. The van der Waals surface area contributed by atoms with Gasteiger partial charge in [-0.2, -0.15) is 5.10 Å². The van der Waals surface area contributed by atoms with E-state index < -0.39 is 0 Å². The number of ether oxygens (including phenoxy) is 1. The maximum absolute atomic E-state index is 5.87. The van der Waals surface area contributed by atoms with E-state index in [0.717, 1.165) is 31.7 Å². The molecule has 5 heteroatoms. The van der Waals surface area contributed by atoms with Crippen molar-refractivity contribution in [1.82, 2.24) is 10.2 Å². The summed E-state index contributed by atoms with van der Waals surface area (Å²) in [6, 6.07) is 1.80. The van der Waals surface area contributed by atoms with Gasteiger partial charge in [0.05, 0.1) is 10.7 Å². The van der Waals surface area contributed by atoms with Crippen LogP contribution < -0.4 is 0 Å². The molecule has 2 rings (SSSR count). The molecule has 0 aliphatic carbocycles. The van der Waals surface area contributed by atoms with Crippen molar-refractivity contribution in [3.05, 3.63) is 21.9 Å². The molecule has 76 valence electrons. The Morgan fingerprint density at radius 2 is 1.93 bits per heavy atom. The lowest BCUT2D eigenvalue weighted by atomic mass is 9.96. The molecule has 1 aliphatic heterocycles. The number of halogens is 2. The molecular formula is C9H10Cl2N2O. The zero-order valence-electron chi connectivity index (χ0n) is 7.54. The number of hydrogen-bond acceptors (Lipinski definition) is 3. The van der Waals surface area contributed by atoms with Gasteiger partial charge in [-0.05, 0) is 18.9 Å². The molecule has 14 heavy (non-hydrogen) atoms. The van der Waals surface area contributed by atoms with Gasteiger partial charge in [-0.3, -0.25) is 0 Å². The molecule has 0 unspecified atom stereocenters. The fourth-order valence-electron chi connectivity index (χ4n) is 1.56.